The molecule has 0 unspecified atom stereocenters. The molecule has 156 valence electrons. The molecule has 0 saturated carbocycles. The Bertz CT molecular complexity index is 800. The highest BCUT2D eigenvalue weighted by molar-refractivity contribution is 7.13. The van der Waals surface area contributed by atoms with E-state index in [1.165, 1.54) is 43.7 Å². The van der Waals surface area contributed by atoms with E-state index in [4.69, 9.17) is 4.74 Å². The van der Waals surface area contributed by atoms with Gasteiger partial charge in [0.25, 0.3) is 5.91 Å². The highest BCUT2D eigenvalue weighted by Gasteiger charge is 2.16. The number of aromatic nitrogens is 2. The number of likely N-dealkylation sites (tertiary alicyclic amines) is 1. The van der Waals surface area contributed by atoms with Crippen LogP contribution in [-0.4, -0.2) is 73.3 Å². The van der Waals surface area contributed by atoms with Gasteiger partial charge in [-0.05, 0) is 51.0 Å². The SMILES string of the molecule is O=C(NCCCN1CCCCC1)c1csc(-c2ccnc(N3CCOCC3)c2)n1. The number of pyridine rings is 1. The fourth-order valence-corrected chi connectivity index (χ4v) is 4.60. The molecular formula is C21H29N5O2S. The molecule has 8 heteroatoms. The summed E-state index contributed by atoms with van der Waals surface area (Å²) in [6, 6.07) is 3.99. The smallest absolute Gasteiger partial charge is 0.270 e. The zero-order chi connectivity index (χ0) is 19.9. The molecule has 7 nitrogen and oxygen atoms in total. The average molecular weight is 416 g/mol. The zero-order valence-electron chi connectivity index (χ0n) is 16.8. The Morgan fingerprint density at radius 1 is 1.17 bits per heavy atom. The van der Waals surface area contributed by atoms with Gasteiger partial charge in [-0.2, -0.15) is 0 Å². The van der Waals surface area contributed by atoms with E-state index in [9.17, 15) is 4.79 Å². The van der Waals surface area contributed by atoms with E-state index in [2.05, 4.69) is 25.1 Å². The van der Waals surface area contributed by atoms with Crippen molar-refractivity contribution in [3.05, 3.63) is 29.4 Å². The van der Waals surface area contributed by atoms with Crippen LogP contribution in [0.5, 0.6) is 0 Å². The first-order valence-electron chi connectivity index (χ1n) is 10.5. The van der Waals surface area contributed by atoms with Gasteiger partial charge >= 0.3 is 0 Å². The number of thiazole rings is 1. The lowest BCUT2D eigenvalue weighted by atomic mass is 10.1. The van der Waals surface area contributed by atoms with Crippen molar-refractivity contribution < 1.29 is 9.53 Å². The van der Waals surface area contributed by atoms with Gasteiger partial charge in [-0.3, -0.25) is 4.79 Å². The van der Waals surface area contributed by atoms with Crippen LogP contribution in [0.3, 0.4) is 0 Å². The van der Waals surface area contributed by atoms with E-state index in [1.54, 1.807) is 0 Å². The summed E-state index contributed by atoms with van der Waals surface area (Å²) in [6.07, 6.45) is 6.75. The van der Waals surface area contributed by atoms with E-state index in [0.717, 1.165) is 55.7 Å². The van der Waals surface area contributed by atoms with Crippen LogP contribution in [0.25, 0.3) is 10.6 Å². The topological polar surface area (TPSA) is 70.6 Å². The third-order valence-electron chi connectivity index (χ3n) is 5.45. The third-order valence-corrected chi connectivity index (χ3v) is 6.34. The molecule has 29 heavy (non-hydrogen) atoms. The quantitative estimate of drug-likeness (QED) is 0.701. The number of carbonyl (C=O) groups excluding carboxylic acids is 1. The Morgan fingerprint density at radius 2 is 2.00 bits per heavy atom. The van der Waals surface area contributed by atoms with Gasteiger partial charge in [0, 0.05) is 36.8 Å². The first kappa shape index (κ1) is 20.3. The predicted octanol–water partition coefficient (Wildman–Crippen LogP) is 2.65. The van der Waals surface area contributed by atoms with Crippen LogP contribution < -0.4 is 10.2 Å². The van der Waals surface area contributed by atoms with Gasteiger partial charge in [-0.25, -0.2) is 9.97 Å². The highest BCUT2D eigenvalue weighted by atomic mass is 32.1. The third kappa shape index (κ3) is 5.52. The second-order valence-corrected chi connectivity index (χ2v) is 8.41. The number of anilines is 1. The van der Waals surface area contributed by atoms with Crippen molar-refractivity contribution in [2.24, 2.45) is 0 Å². The minimum absolute atomic E-state index is 0.0893. The Hall–Kier alpha value is -2.03. The second-order valence-electron chi connectivity index (χ2n) is 7.55. The summed E-state index contributed by atoms with van der Waals surface area (Å²) >= 11 is 1.50. The van der Waals surface area contributed by atoms with Crippen LogP contribution in [0, 0.1) is 0 Å². The number of nitrogens with one attached hydrogen (secondary N) is 1. The maximum atomic E-state index is 12.4. The van der Waals surface area contributed by atoms with Crippen molar-refractivity contribution in [1.29, 1.82) is 0 Å². The normalized spacial score (nSPS) is 18.0. The molecule has 4 heterocycles. The molecule has 1 amide bonds. The summed E-state index contributed by atoms with van der Waals surface area (Å²) in [6.45, 7) is 7.29. The van der Waals surface area contributed by atoms with E-state index in [0.29, 0.717) is 12.2 Å². The lowest BCUT2D eigenvalue weighted by Gasteiger charge is -2.27. The zero-order valence-corrected chi connectivity index (χ0v) is 17.6. The molecule has 1 N–H and O–H groups in total. The first-order chi connectivity index (χ1) is 14.3. The Morgan fingerprint density at radius 3 is 2.83 bits per heavy atom. The van der Waals surface area contributed by atoms with Crippen molar-refractivity contribution in [2.75, 3.05) is 57.4 Å². The number of ether oxygens (including phenoxy) is 1. The van der Waals surface area contributed by atoms with Crippen molar-refractivity contribution in [3.8, 4) is 10.6 Å². The van der Waals surface area contributed by atoms with Crippen LogP contribution in [0.2, 0.25) is 0 Å². The number of carbonyl (C=O) groups is 1. The molecule has 2 aromatic rings. The monoisotopic (exact) mass is 415 g/mol. The van der Waals surface area contributed by atoms with E-state index >= 15 is 0 Å². The van der Waals surface area contributed by atoms with Crippen molar-refractivity contribution in [1.82, 2.24) is 20.2 Å². The fraction of sp³-hybridized carbons (Fsp3) is 0.571. The van der Waals surface area contributed by atoms with Crippen LogP contribution >= 0.6 is 11.3 Å². The molecule has 4 rings (SSSR count). The molecule has 2 saturated heterocycles. The number of amides is 1. The number of rotatable bonds is 7. The molecular weight excluding hydrogens is 386 g/mol. The number of hydrogen-bond acceptors (Lipinski definition) is 7. The Balaban J connectivity index is 1.30. The summed E-state index contributed by atoms with van der Waals surface area (Å²) in [5.74, 6) is 0.846. The van der Waals surface area contributed by atoms with Gasteiger partial charge in [0.05, 0.1) is 13.2 Å². The Kier molecular flexibility index (Phi) is 7.08. The largest absolute Gasteiger partial charge is 0.378 e. The van der Waals surface area contributed by atoms with E-state index < -0.39 is 0 Å². The van der Waals surface area contributed by atoms with Crippen LogP contribution in [0.15, 0.2) is 23.7 Å². The highest BCUT2D eigenvalue weighted by Crippen LogP contribution is 2.26. The Labute approximate surface area is 176 Å². The number of piperidine rings is 1. The molecule has 2 aliphatic rings. The second kappa shape index (κ2) is 10.1. The van der Waals surface area contributed by atoms with Gasteiger partial charge in [0.1, 0.15) is 16.5 Å². The summed E-state index contributed by atoms with van der Waals surface area (Å²) in [5.41, 5.74) is 1.49. The molecule has 0 radical (unpaired) electrons. The minimum atomic E-state index is -0.0893. The maximum Gasteiger partial charge on any atom is 0.270 e. The van der Waals surface area contributed by atoms with Gasteiger partial charge < -0.3 is 19.9 Å². The summed E-state index contributed by atoms with van der Waals surface area (Å²) in [7, 11) is 0. The van der Waals surface area contributed by atoms with Crippen LogP contribution in [-0.2, 0) is 4.74 Å². The molecule has 0 bridgehead atoms. The number of morpholine rings is 1. The molecule has 2 aromatic heterocycles. The maximum absolute atomic E-state index is 12.4. The van der Waals surface area contributed by atoms with E-state index in [1.807, 2.05) is 23.7 Å². The van der Waals surface area contributed by atoms with Crippen LogP contribution in [0.4, 0.5) is 5.82 Å². The fourth-order valence-electron chi connectivity index (χ4n) is 3.81. The predicted molar refractivity (Wildman–Crippen MR) is 116 cm³/mol. The molecule has 0 spiro atoms. The van der Waals surface area contributed by atoms with Crippen molar-refractivity contribution >= 4 is 23.1 Å². The van der Waals surface area contributed by atoms with E-state index in [-0.39, 0.29) is 5.91 Å². The summed E-state index contributed by atoms with van der Waals surface area (Å²) in [4.78, 5) is 26.2. The summed E-state index contributed by atoms with van der Waals surface area (Å²) in [5, 5.41) is 5.70. The molecule has 0 atom stereocenters. The lowest BCUT2D eigenvalue weighted by molar-refractivity contribution is 0.0947. The van der Waals surface area contributed by atoms with Gasteiger partial charge in [0.15, 0.2) is 0 Å². The minimum Gasteiger partial charge on any atom is -0.378 e. The molecule has 0 aromatic carbocycles. The molecule has 0 aliphatic carbocycles. The number of nitrogens with zero attached hydrogens (tertiary/aromatic N) is 4. The van der Waals surface area contributed by atoms with Crippen LogP contribution in [0.1, 0.15) is 36.2 Å². The lowest BCUT2D eigenvalue weighted by Crippen LogP contribution is -2.36. The van der Waals surface area contributed by atoms with Gasteiger partial charge in [0.2, 0.25) is 0 Å². The van der Waals surface area contributed by atoms with Crippen molar-refractivity contribution in [2.45, 2.75) is 25.7 Å². The van der Waals surface area contributed by atoms with Gasteiger partial charge in [-0.1, -0.05) is 6.42 Å². The molecule has 2 aliphatic heterocycles. The standard InChI is InChI=1S/C21H29N5O2S/c27-20(23-6-4-10-25-8-2-1-3-9-25)18-16-29-21(24-18)17-5-7-22-19(15-17)26-11-13-28-14-12-26/h5,7,15-16H,1-4,6,8-14H2,(H,23,27). The molecule has 2 fully saturated rings. The average Bonchev–Trinajstić information content (AvgIpc) is 3.29. The first-order valence-corrected chi connectivity index (χ1v) is 11.4. The number of hydrogen-bond donors (Lipinski definition) is 1. The van der Waals surface area contributed by atoms with Crippen molar-refractivity contribution in [3.63, 3.8) is 0 Å². The summed E-state index contributed by atoms with van der Waals surface area (Å²) < 4.78 is 5.41. The van der Waals surface area contributed by atoms with Gasteiger partial charge in [-0.15, -0.1) is 11.3 Å².